The Kier molecular flexibility index (Phi) is 4.77. The number of quaternary nitrogens is 1. The van der Waals surface area contributed by atoms with Gasteiger partial charge in [0.2, 0.25) is 0 Å². The van der Waals surface area contributed by atoms with Crippen molar-refractivity contribution in [2.45, 2.75) is 13.0 Å². The van der Waals surface area contributed by atoms with Gasteiger partial charge in [-0.2, -0.15) is 0 Å². The van der Waals surface area contributed by atoms with Gasteiger partial charge in [-0.15, -0.1) is 0 Å². The first-order valence-electron chi connectivity index (χ1n) is 6.53. The molecule has 3 nitrogen and oxygen atoms in total. The molecule has 20 heavy (non-hydrogen) atoms. The molecule has 0 aliphatic carbocycles. The molecule has 2 rings (SSSR count). The second-order valence-electron chi connectivity index (χ2n) is 4.67. The number of hydrogen-bond acceptors (Lipinski definition) is 1. The first kappa shape index (κ1) is 14.6. The molecule has 0 aliphatic rings. The van der Waals surface area contributed by atoms with Crippen molar-refractivity contribution < 1.29 is 10.1 Å². The lowest BCUT2D eigenvalue weighted by atomic mass is 10.1. The van der Waals surface area contributed by atoms with Crippen LogP contribution in [0.5, 0.6) is 0 Å². The molecule has 0 aromatic heterocycles. The quantitative estimate of drug-likeness (QED) is 0.893. The van der Waals surface area contributed by atoms with Crippen LogP contribution >= 0.6 is 11.6 Å². The highest BCUT2D eigenvalue weighted by Gasteiger charge is 2.22. The lowest BCUT2D eigenvalue weighted by Gasteiger charge is -2.14. The van der Waals surface area contributed by atoms with Gasteiger partial charge >= 0.3 is 0 Å². The van der Waals surface area contributed by atoms with E-state index in [0.29, 0.717) is 10.7 Å². The van der Waals surface area contributed by atoms with Crippen molar-refractivity contribution in [3.8, 4) is 0 Å². The Morgan fingerprint density at radius 2 is 1.90 bits per heavy atom. The van der Waals surface area contributed by atoms with Crippen molar-refractivity contribution in [2.24, 2.45) is 0 Å². The van der Waals surface area contributed by atoms with Crippen LogP contribution in [-0.2, 0) is 4.79 Å². The lowest BCUT2D eigenvalue weighted by Crippen LogP contribution is -2.83. The minimum atomic E-state index is -0.267. The number of anilines is 1. The van der Waals surface area contributed by atoms with Gasteiger partial charge in [0.25, 0.3) is 5.91 Å². The third-order valence-electron chi connectivity index (χ3n) is 3.21. The highest BCUT2D eigenvalue weighted by Crippen LogP contribution is 2.21. The number of rotatable bonds is 4. The van der Waals surface area contributed by atoms with Crippen LogP contribution in [0, 0.1) is 6.92 Å². The van der Waals surface area contributed by atoms with E-state index in [1.807, 2.05) is 61.8 Å². The summed E-state index contributed by atoms with van der Waals surface area (Å²) in [6.45, 7) is 1.93. The van der Waals surface area contributed by atoms with Crippen molar-refractivity contribution in [3.63, 3.8) is 0 Å². The van der Waals surface area contributed by atoms with E-state index in [1.165, 1.54) is 0 Å². The molecule has 0 spiro atoms. The molecule has 1 atom stereocenters. The first-order chi connectivity index (χ1) is 9.61. The predicted octanol–water partition coefficient (Wildman–Crippen LogP) is 2.52. The zero-order chi connectivity index (χ0) is 14.5. The molecule has 0 aliphatic heterocycles. The van der Waals surface area contributed by atoms with E-state index < -0.39 is 0 Å². The number of nitrogens with one attached hydrogen (secondary N) is 1. The van der Waals surface area contributed by atoms with Crippen molar-refractivity contribution in [1.82, 2.24) is 0 Å². The van der Waals surface area contributed by atoms with Gasteiger partial charge in [-0.3, -0.25) is 4.79 Å². The number of carbonyl (C=O) groups excluding carboxylic acids is 1. The molecule has 4 heteroatoms. The normalized spacial score (nSPS) is 11.9. The van der Waals surface area contributed by atoms with Gasteiger partial charge in [-0.1, -0.05) is 48.0 Å². The summed E-state index contributed by atoms with van der Waals surface area (Å²) >= 11 is 6.07. The molecule has 0 unspecified atom stereocenters. The number of nitrogens with two attached hydrogens (primary N) is 1. The van der Waals surface area contributed by atoms with Gasteiger partial charge in [-0.05, 0) is 24.6 Å². The Bertz CT molecular complexity index is 599. The number of halogens is 1. The highest BCUT2D eigenvalue weighted by molar-refractivity contribution is 6.31. The van der Waals surface area contributed by atoms with Gasteiger partial charge in [0, 0.05) is 16.3 Å². The predicted molar refractivity (Wildman–Crippen MR) is 81.9 cm³/mol. The minimum absolute atomic E-state index is 0.0568. The number of benzene rings is 2. The van der Waals surface area contributed by atoms with Crippen molar-refractivity contribution in [2.75, 3.05) is 12.4 Å². The molecule has 0 heterocycles. The summed E-state index contributed by atoms with van der Waals surface area (Å²) in [5, 5.41) is 5.45. The van der Waals surface area contributed by atoms with E-state index in [2.05, 4.69) is 5.32 Å². The minimum Gasteiger partial charge on any atom is -0.335 e. The molecule has 2 aromatic rings. The number of likely N-dealkylation sites (N-methyl/N-ethyl adjacent to an activating group) is 1. The van der Waals surface area contributed by atoms with E-state index in [0.717, 1.165) is 11.1 Å². The molecular formula is C16H18ClN2O+. The van der Waals surface area contributed by atoms with E-state index in [4.69, 9.17) is 11.6 Å². The molecule has 0 saturated carbocycles. The number of aryl methyl sites for hydroxylation is 1. The highest BCUT2D eigenvalue weighted by atomic mass is 35.5. The summed E-state index contributed by atoms with van der Waals surface area (Å²) in [6, 6.07) is 15.0. The standard InChI is InChI=1S/C16H17ClN2O/c1-11-8-9-13(10-14(11)17)19-16(20)15(18-2)12-6-4-3-5-7-12/h3-10,15,18H,1-2H3,(H,19,20)/p+1/t15-/m0/s1. The fourth-order valence-corrected chi connectivity index (χ4v) is 2.23. The summed E-state index contributed by atoms with van der Waals surface area (Å²) < 4.78 is 0. The van der Waals surface area contributed by atoms with Crippen molar-refractivity contribution in [1.29, 1.82) is 0 Å². The van der Waals surface area contributed by atoms with Crippen molar-refractivity contribution in [3.05, 3.63) is 64.7 Å². The second-order valence-corrected chi connectivity index (χ2v) is 5.08. The molecule has 0 bridgehead atoms. The maximum Gasteiger partial charge on any atom is 0.287 e. The lowest BCUT2D eigenvalue weighted by molar-refractivity contribution is -0.656. The summed E-state index contributed by atoms with van der Waals surface area (Å²) in [5.41, 5.74) is 2.69. The maximum atomic E-state index is 12.4. The first-order valence-corrected chi connectivity index (χ1v) is 6.91. The van der Waals surface area contributed by atoms with Crippen LogP contribution in [0.3, 0.4) is 0 Å². The SMILES string of the molecule is C[NH2+][C@H](C(=O)Nc1ccc(C)c(Cl)c1)c1ccccc1. The summed E-state index contributed by atoms with van der Waals surface area (Å²) in [6.07, 6.45) is 0. The average Bonchev–Trinajstić information content (AvgIpc) is 2.45. The van der Waals surface area contributed by atoms with E-state index in [9.17, 15) is 4.79 Å². The molecule has 3 N–H and O–H groups in total. The summed E-state index contributed by atoms with van der Waals surface area (Å²) in [5.74, 6) is -0.0568. The van der Waals surface area contributed by atoms with Crippen molar-refractivity contribution >= 4 is 23.2 Å². The zero-order valence-electron chi connectivity index (χ0n) is 11.6. The average molecular weight is 290 g/mol. The third-order valence-corrected chi connectivity index (χ3v) is 3.62. The molecule has 0 radical (unpaired) electrons. The molecule has 1 amide bonds. The van der Waals surface area contributed by atoms with Crippen LogP contribution in [0.4, 0.5) is 5.69 Å². The van der Waals surface area contributed by atoms with E-state index >= 15 is 0 Å². The Balaban J connectivity index is 2.15. The van der Waals surface area contributed by atoms with Gasteiger partial charge in [0.15, 0.2) is 6.04 Å². The van der Waals surface area contributed by atoms with Crippen LogP contribution in [0.25, 0.3) is 0 Å². The van der Waals surface area contributed by atoms with Crippen LogP contribution in [0.15, 0.2) is 48.5 Å². The van der Waals surface area contributed by atoms with Gasteiger partial charge in [0.05, 0.1) is 7.05 Å². The molecular weight excluding hydrogens is 272 g/mol. The zero-order valence-corrected chi connectivity index (χ0v) is 12.3. The van der Waals surface area contributed by atoms with Crippen LogP contribution in [0.2, 0.25) is 5.02 Å². The Hall–Kier alpha value is -1.84. The topological polar surface area (TPSA) is 45.7 Å². The Morgan fingerprint density at radius 3 is 2.50 bits per heavy atom. The third kappa shape index (κ3) is 3.38. The molecule has 0 fully saturated rings. The maximum absolute atomic E-state index is 12.4. The Labute approximate surface area is 124 Å². The summed E-state index contributed by atoms with van der Waals surface area (Å²) in [7, 11) is 1.89. The number of hydrogen-bond donors (Lipinski definition) is 2. The van der Waals surface area contributed by atoms with E-state index in [-0.39, 0.29) is 11.9 Å². The number of amides is 1. The molecule has 2 aromatic carbocycles. The van der Waals surface area contributed by atoms with Crippen LogP contribution in [0.1, 0.15) is 17.2 Å². The Morgan fingerprint density at radius 1 is 1.20 bits per heavy atom. The monoisotopic (exact) mass is 289 g/mol. The second kappa shape index (κ2) is 6.55. The fourth-order valence-electron chi connectivity index (χ4n) is 2.05. The van der Waals surface area contributed by atoms with Gasteiger partial charge < -0.3 is 10.6 Å². The molecule has 104 valence electrons. The van der Waals surface area contributed by atoms with Crippen LogP contribution in [-0.4, -0.2) is 13.0 Å². The van der Waals surface area contributed by atoms with Gasteiger partial charge in [-0.25, -0.2) is 0 Å². The van der Waals surface area contributed by atoms with E-state index in [1.54, 1.807) is 6.07 Å². The number of carbonyl (C=O) groups is 1. The smallest absolute Gasteiger partial charge is 0.287 e. The molecule has 0 saturated heterocycles. The summed E-state index contributed by atoms with van der Waals surface area (Å²) in [4.78, 5) is 12.4. The van der Waals surface area contributed by atoms with Gasteiger partial charge in [0.1, 0.15) is 0 Å². The fraction of sp³-hybridized carbons (Fsp3) is 0.188. The van der Waals surface area contributed by atoms with Crippen LogP contribution < -0.4 is 10.6 Å². The largest absolute Gasteiger partial charge is 0.335 e.